The zero-order chi connectivity index (χ0) is 8.91. The van der Waals surface area contributed by atoms with Gasteiger partial charge < -0.3 is 4.74 Å². The van der Waals surface area contributed by atoms with Crippen LogP contribution in [0.5, 0.6) is 0 Å². The molecule has 0 fully saturated rings. The molecule has 1 nitrogen and oxygen atoms in total. The molecular weight excluding hydrogens is 152 g/mol. The summed E-state index contributed by atoms with van der Waals surface area (Å²) in [7, 11) is -0.692. The molecule has 0 spiro atoms. The number of ether oxygens (including phenoxy) is 1. The highest BCUT2D eigenvalue weighted by Gasteiger charge is 2.21. The second-order valence-electron chi connectivity index (χ2n) is 4.09. The first-order valence-corrected chi connectivity index (χ1v) is 6.72. The van der Waals surface area contributed by atoms with Crippen LogP contribution in [0, 0.1) is 0 Å². The van der Waals surface area contributed by atoms with Crippen LogP contribution in [0.1, 0.15) is 20.8 Å². The second-order valence-corrected chi connectivity index (χ2v) is 7.96. The van der Waals surface area contributed by atoms with Crippen molar-refractivity contribution in [3.63, 3.8) is 0 Å². The van der Waals surface area contributed by atoms with Gasteiger partial charge in [-0.3, -0.25) is 0 Å². The molecule has 1 atom stereocenters. The van der Waals surface area contributed by atoms with Crippen LogP contribution in [0.3, 0.4) is 0 Å². The Bertz CT molecular complexity index is 115. The minimum Gasteiger partial charge on any atom is -0.381 e. The van der Waals surface area contributed by atoms with E-state index in [4.69, 9.17) is 4.74 Å². The maximum absolute atomic E-state index is 5.41. The van der Waals surface area contributed by atoms with Crippen LogP contribution in [0.15, 0.2) is 12.7 Å². The molecule has 0 bridgehead atoms. The lowest BCUT2D eigenvalue weighted by atomic mass is 10.2. The average Bonchev–Trinajstić information content (AvgIpc) is 1.86. The first kappa shape index (κ1) is 10.9. The molecule has 0 aromatic heterocycles. The zero-order valence-electron chi connectivity index (χ0n) is 8.18. The van der Waals surface area contributed by atoms with Crippen LogP contribution in [0.25, 0.3) is 0 Å². The summed E-state index contributed by atoms with van der Waals surface area (Å²) in [6.07, 6.45) is 2.78. The topological polar surface area (TPSA) is 9.23 Å². The monoisotopic (exact) mass is 172 g/mol. The fourth-order valence-corrected chi connectivity index (χ4v) is 1.57. The molecule has 0 aliphatic carbocycles. The molecule has 0 aromatic rings. The highest BCUT2D eigenvalue weighted by atomic mass is 28.3. The molecule has 2 heteroatoms. The Kier molecular flexibility index (Phi) is 4.69. The van der Waals surface area contributed by atoms with Gasteiger partial charge in [-0.25, -0.2) is 0 Å². The summed E-state index contributed by atoms with van der Waals surface area (Å²) in [4.78, 5) is 0. The van der Waals surface area contributed by atoms with E-state index in [2.05, 4.69) is 33.9 Å². The number of hydrogen-bond donors (Lipinski definition) is 0. The van der Waals surface area contributed by atoms with Crippen LogP contribution in [0.4, 0.5) is 0 Å². The number of rotatable bonds is 4. The van der Waals surface area contributed by atoms with Gasteiger partial charge in [-0.15, -0.1) is 6.58 Å². The average molecular weight is 172 g/mol. The molecule has 0 saturated carbocycles. The third kappa shape index (κ3) is 5.22. The molecule has 11 heavy (non-hydrogen) atoms. The van der Waals surface area contributed by atoms with Crippen molar-refractivity contribution in [3.8, 4) is 0 Å². The number of hydrogen-bond acceptors (Lipinski definition) is 1. The molecule has 0 amide bonds. The molecule has 0 rings (SSSR count). The summed E-state index contributed by atoms with van der Waals surface area (Å²) < 4.78 is 5.41. The Labute approximate surface area is 72.1 Å². The minimum atomic E-state index is -0.692. The first-order chi connectivity index (χ1) is 4.98. The van der Waals surface area contributed by atoms with Gasteiger partial charge >= 0.3 is 0 Å². The van der Waals surface area contributed by atoms with Gasteiger partial charge in [0.2, 0.25) is 0 Å². The molecule has 0 aliphatic heterocycles. The Morgan fingerprint density at radius 2 is 2.00 bits per heavy atom. The fraction of sp³-hybridized carbons (Fsp3) is 0.778. The Morgan fingerprint density at radius 1 is 1.45 bits per heavy atom. The summed E-state index contributed by atoms with van der Waals surface area (Å²) >= 11 is 0. The van der Waals surface area contributed by atoms with Crippen LogP contribution in [0.2, 0.25) is 11.6 Å². The van der Waals surface area contributed by atoms with Gasteiger partial charge in [0.1, 0.15) is 0 Å². The second kappa shape index (κ2) is 4.73. The van der Waals surface area contributed by atoms with E-state index in [9.17, 15) is 0 Å². The first-order valence-electron chi connectivity index (χ1n) is 4.17. The minimum absolute atomic E-state index is 0.487. The lowest BCUT2D eigenvalue weighted by Crippen LogP contribution is -2.27. The van der Waals surface area contributed by atoms with E-state index in [-0.39, 0.29) is 0 Å². The molecule has 0 aliphatic rings. The van der Waals surface area contributed by atoms with E-state index < -0.39 is 8.80 Å². The largest absolute Gasteiger partial charge is 0.381 e. The lowest BCUT2D eigenvalue weighted by Gasteiger charge is -2.25. The summed E-state index contributed by atoms with van der Waals surface area (Å²) in [6.45, 7) is 13.5. The fourth-order valence-electron chi connectivity index (χ4n) is 0.578. The maximum Gasteiger partial charge on any atom is 0.0701 e. The zero-order valence-corrected chi connectivity index (χ0v) is 9.34. The van der Waals surface area contributed by atoms with Crippen molar-refractivity contribution in [1.82, 2.24) is 0 Å². The van der Waals surface area contributed by atoms with E-state index in [0.717, 1.165) is 6.23 Å². The van der Waals surface area contributed by atoms with Crippen LogP contribution < -0.4 is 0 Å². The summed E-state index contributed by atoms with van der Waals surface area (Å²) in [6, 6.07) is 0. The predicted molar refractivity (Wildman–Crippen MR) is 53.7 cm³/mol. The molecule has 0 aromatic carbocycles. The molecule has 0 heterocycles. The Balaban J connectivity index is 3.52. The Hall–Kier alpha value is -0.0831. The lowest BCUT2D eigenvalue weighted by molar-refractivity contribution is 0.205. The standard InChI is InChI=1S/C9H20OSi/c1-6-7-10-8-11(5)9(2,3)4/h6,11H,1,7-8H2,2-5H3. The van der Waals surface area contributed by atoms with Crippen molar-refractivity contribution in [2.24, 2.45) is 0 Å². The van der Waals surface area contributed by atoms with Gasteiger partial charge in [-0.05, 0) is 5.04 Å². The Morgan fingerprint density at radius 3 is 2.36 bits per heavy atom. The van der Waals surface area contributed by atoms with Gasteiger partial charge in [0.15, 0.2) is 0 Å². The van der Waals surface area contributed by atoms with Crippen LogP contribution in [-0.2, 0) is 4.74 Å². The van der Waals surface area contributed by atoms with Gasteiger partial charge in [0, 0.05) is 6.23 Å². The third-order valence-corrected chi connectivity index (χ3v) is 5.77. The van der Waals surface area contributed by atoms with Gasteiger partial charge in [0.05, 0.1) is 15.4 Å². The van der Waals surface area contributed by atoms with Gasteiger partial charge in [-0.2, -0.15) is 0 Å². The summed E-state index contributed by atoms with van der Waals surface area (Å²) in [5, 5.41) is 0.487. The van der Waals surface area contributed by atoms with Gasteiger partial charge in [0.25, 0.3) is 0 Å². The molecule has 66 valence electrons. The van der Waals surface area contributed by atoms with E-state index in [0.29, 0.717) is 11.6 Å². The highest BCUT2D eigenvalue weighted by molar-refractivity contribution is 6.60. The van der Waals surface area contributed by atoms with E-state index in [1.807, 2.05) is 6.08 Å². The highest BCUT2D eigenvalue weighted by Crippen LogP contribution is 2.26. The van der Waals surface area contributed by atoms with Crippen molar-refractivity contribution in [2.45, 2.75) is 32.4 Å². The molecule has 0 N–H and O–H groups in total. The maximum atomic E-state index is 5.41. The van der Waals surface area contributed by atoms with E-state index in [1.165, 1.54) is 0 Å². The van der Waals surface area contributed by atoms with Crippen molar-refractivity contribution in [3.05, 3.63) is 12.7 Å². The smallest absolute Gasteiger partial charge is 0.0701 e. The van der Waals surface area contributed by atoms with E-state index >= 15 is 0 Å². The third-order valence-electron chi connectivity index (χ3n) is 2.08. The van der Waals surface area contributed by atoms with E-state index in [1.54, 1.807) is 0 Å². The molecule has 1 unspecified atom stereocenters. The summed E-state index contributed by atoms with van der Waals surface area (Å²) in [5.74, 6) is 0. The van der Waals surface area contributed by atoms with Crippen molar-refractivity contribution in [1.29, 1.82) is 0 Å². The van der Waals surface area contributed by atoms with Gasteiger partial charge in [-0.1, -0.05) is 33.4 Å². The quantitative estimate of drug-likeness (QED) is 0.359. The van der Waals surface area contributed by atoms with Crippen LogP contribution in [-0.4, -0.2) is 21.6 Å². The van der Waals surface area contributed by atoms with Crippen LogP contribution >= 0.6 is 0 Å². The van der Waals surface area contributed by atoms with Crippen molar-refractivity contribution in [2.75, 3.05) is 12.8 Å². The predicted octanol–water partition coefficient (Wildman–Crippen LogP) is 2.39. The molecule has 0 radical (unpaired) electrons. The SMILES string of the molecule is C=CCOC[SiH](C)C(C)(C)C. The normalized spacial score (nSPS) is 14.5. The summed E-state index contributed by atoms with van der Waals surface area (Å²) in [5.41, 5.74) is 0. The molecular formula is C9H20OSi. The van der Waals surface area contributed by atoms with Crippen molar-refractivity contribution >= 4 is 8.80 Å². The molecule has 0 saturated heterocycles. The van der Waals surface area contributed by atoms with Crippen molar-refractivity contribution < 1.29 is 4.74 Å².